The molecule has 24 heavy (non-hydrogen) atoms. The van der Waals surface area contributed by atoms with Gasteiger partial charge in [0.2, 0.25) is 0 Å². The minimum Gasteiger partial charge on any atom is -0.392 e. The predicted molar refractivity (Wildman–Crippen MR) is 95.6 cm³/mol. The van der Waals surface area contributed by atoms with E-state index in [-0.39, 0.29) is 12.4 Å². The number of fused-ring (bicyclic) bond motifs is 3. The number of hydrogen-bond donors (Lipinski definition) is 1. The minimum atomic E-state index is -0.256. The lowest BCUT2D eigenvalue weighted by Crippen LogP contribution is -1.94. The molecule has 0 aliphatic rings. The highest BCUT2D eigenvalue weighted by atomic mass is 19.1. The molecule has 0 bridgehead atoms. The van der Waals surface area contributed by atoms with Crippen molar-refractivity contribution in [2.45, 2.75) is 20.0 Å². The first kappa shape index (κ1) is 14.9. The molecule has 0 aliphatic carbocycles. The van der Waals surface area contributed by atoms with Crippen molar-refractivity contribution < 1.29 is 9.50 Å². The topological polar surface area (TPSA) is 24.6 Å². The maximum Gasteiger partial charge on any atom is 0.123 e. The lowest BCUT2D eigenvalue weighted by molar-refractivity contribution is 0.281. The summed E-state index contributed by atoms with van der Waals surface area (Å²) in [4.78, 5) is 0. The molecule has 0 unspecified atom stereocenters. The molecule has 0 spiro atoms. The van der Waals surface area contributed by atoms with Crippen LogP contribution in [0.3, 0.4) is 0 Å². The van der Waals surface area contributed by atoms with Crippen LogP contribution in [-0.4, -0.2) is 9.51 Å². The zero-order valence-corrected chi connectivity index (χ0v) is 13.5. The Kier molecular flexibility index (Phi) is 3.58. The monoisotopic (exact) mass is 319 g/mol. The van der Waals surface area contributed by atoms with Gasteiger partial charge >= 0.3 is 0 Å². The Hall–Kier alpha value is -2.65. The van der Waals surface area contributed by atoms with Crippen LogP contribution in [0, 0.1) is 5.82 Å². The van der Waals surface area contributed by atoms with Crippen LogP contribution in [0.1, 0.15) is 18.2 Å². The number of halogens is 1. The number of benzene rings is 2. The van der Waals surface area contributed by atoms with Crippen molar-refractivity contribution in [3.8, 4) is 11.1 Å². The largest absolute Gasteiger partial charge is 0.392 e. The summed E-state index contributed by atoms with van der Waals surface area (Å²) in [5.74, 6) is -0.256. The Morgan fingerprint density at radius 3 is 2.46 bits per heavy atom. The SMILES string of the molecule is CCc1c(CO)c(-c2ccc(F)cc2)c2c3ccccc3ccn12. The number of aliphatic hydroxyl groups excluding tert-OH is 1. The van der Waals surface area contributed by atoms with Gasteiger partial charge in [-0.2, -0.15) is 0 Å². The van der Waals surface area contributed by atoms with Crippen molar-refractivity contribution in [1.29, 1.82) is 0 Å². The van der Waals surface area contributed by atoms with E-state index in [0.717, 1.165) is 45.1 Å². The Morgan fingerprint density at radius 1 is 1.00 bits per heavy atom. The number of aromatic nitrogens is 1. The summed E-state index contributed by atoms with van der Waals surface area (Å²) in [7, 11) is 0. The minimum absolute atomic E-state index is 0.0358. The smallest absolute Gasteiger partial charge is 0.123 e. The molecule has 0 amide bonds. The van der Waals surface area contributed by atoms with Crippen molar-refractivity contribution in [2.24, 2.45) is 0 Å². The number of aryl methyl sites for hydroxylation is 1. The van der Waals surface area contributed by atoms with Crippen LogP contribution in [0.25, 0.3) is 27.4 Å². The van der Waals surface area contributed by atoms with E-state index in [1.165, 1.54) is 12.1 Å². The summed E-state index contributed by atoms with van der Waals surface area (Å²) in [6.45, 7) is 2.05. The number of pyridine rings is 1. The molecule has 4 aromatic rings. The zero-order valence-electron chi connectivity index (χ0n) is 13.5. The Morgan fingerprint density at radius 2 is 1.75 bits per heavy atom. The van der Waals surface area contributed by atoms with Crippen molar-refractivity contribution in [1.82, 2.24) is 4.40 Å². The van der Waals surface area contributed by atoms with Crippen LogP contribution in [-0.2, 0) is 13.0 Å². The lowest BCUT2D eigenvalue weighted by atomic mass is 9.99. The second kappa shape index (κ2) is 5.77. The number of hydrogen-bond acceptors (Lipinski definition) is 1. The highest BCUT2D eigenvalue weighted by molar-refractivity contribution is 6.04. The second-order valence-corrected chi connectivity index (χ2v) is 5.94. The van der Waals surface area contributed by atoms with Gasteiger partial charge in [0, 0.05) is 28.4 Å². The van der Waals surface area contributed by atoms with Gasteiger partial charge in [-0.05, 0) is 35.6 Å². The third-order valence-electron chi connectivity index (χ3n) is 4.66. The third kappa shape index (κ3) is 2.13. The van der Waals surface area contributed by atoms with E-state index in [0.29, 0.717) is 0 Å². The first-order chi connectivity index (χ1) is 11.7. The number of nitrogens with zero attached hydrogens (tertiary/aromatic N) is 1. The fourth-order valence-electron chi connectivity index (χ4n) is 3.61. The van der Waals surface area contributed by atoms with Gasteiger partial charge in [-0.3, -0.25) is 0 Å². The Labute approximate surface area is 139 Å². The second-order valence-electron chi connectivity index (χ2n) is 5.94. The maximum atomic E-state index is 13.4. The van der Waals surface area contributed by atoms with Crippen LogP contribution in [0.2, 0.25) is 0 Å². The molecule has 120 valence electrons. The van der Waals surface area contributed by atoms with Gasteiger partial charge in [-0.25, -0.2) is 4.39 Å². The third-order valence-corrected chi connectivity index (χ3v) is 4.66. The van der Waals surface area contributed by atoms with Crippen LogP contribution >= 0.6 is 0 Å². The predicted octanol–water partition coefficient (Wildman–Crippen LogP) is 4.95. The van der Waals surface area contributed by atoms with E-state index in [4.69, 9.17) is 0 Å². The van der Waals surface area contributed by atoms with Crippen LogP contribution in [0.5, 0.6) is 0 Å². The van der Waals surface area contributed by atoms with E-state index < -0.39 is 0 Å². The van der Waals surface area contributed by atoms with E-state index >= 15 is 0 Å². The first-order valence-electron chi connectivity index (χ1n) is 8.15. The molecule has 0 saturated heterocycles. The van der Waals surface area contributed by atoms with Crippen molar-refractivity contribution in [3.05, 3.63) is 77.9 Å². The Balaban J connectivity index is 2.20. The average molecular weight is 319 g/mol. The van der Waals surface area contributed by atoms with Gasteiger partial charge in [0.05, 0.1) is 12.1 Å². The van der Waals surface area contributed by atoms with Gasteiger partial charge in [-0.1, -0.05) is 43.3 Å². The van der Waals surface area contributed by atoms with Gasteiger partial charge < -0.3 is 9.51 Å². The van der Waals surface area contributed by atoms with Crippen molar-refractivity contribution in [3.63, 3.8) is 0 Å². The zero-order chi connectivity index (χ0) is 16.7. The Bertz CT molecular complexity index is 1030. The standard InChI is InChI=1S/C21H18FNO/c1-2-19-18(13-24)20(15-7-9-16(22)10-8-15)21-17-6-4-3-5-14(17)11-12-23(19)21/h3-12,24H,2,13H2,1H3. The normalized spacial score (nSPS) is 11.5. The van der Waals surface area contributed by atoms with Gasteiger partial charge in [0.1, 0.15) is 5.82 Å². The van der Waals surface area contributed by atoms with Crippen molar-refractivity contribution in [2.75, 3.05) is 0 Å². The van der Waals surface area contributed by atoms with Gasteiger partial charge in [0.15, 0.2) is 0 Å². The summed E-state index contributed by atoms with van der Waals surface area (Å²) in [5.41, 5.74) is 5.00. The molecular weight excluding hydrogens is 301 g/mol. The molecule has 0 radical (unpaired) electrons. The highest BCUT2D eigenvalue weighted by Crippen LogP contribution is 2.37. The summed E-state index contributed by atoms with van der Waals surface area (Å²) in [6.07, 6.45) is 2.87. The molecule has 0 fully saturated rings. The van der Waals surface area contributed by atoms with Crippen LogP contribution < -0.4 is 0 Å². The van der Waals surface area contributed by atoms with Crippen LogP contribution in [0.4, 0.5) is 4.39 Å². The molecule has 2 nitrogen and oxygen atoms in total. The first-order valence-corrected chi connectivity index (χ1v) is 8.15. The molecule has 3 heteroatoms. The summed E-state index contributed by atoms with van der Waals surface area (Å²) in [6, 6.07) is 16.8. The van der Waals surface area contributed by atoms with E-state index in [2.05, 4.69) is 35.7 Å². The molecule has 2 aromatic carbocycles. The number of rotatable bonds is 3. The molecule has 1 N–H and O–H groups in total. The molecule has 2 heterocycles. The molecule has 2 aromatic heterocycles. The fraction of sp³-hybridized carbons (Fsp3) is 0.143. The van der Waals surface area contributed by atoms with E-state index in [1.54, 1.807) is 12.1 Å². The van der Waals surface area contributed by atoms with Crippen molar-refractivity contribution >= 4 is 16.3 Å². The maximum absolute atomic E-state index is 13.4. The average Bonchev–Trinajstić information content (AvgIpc) is 2.96. The van der Waals surface area contributed by atoms with Gasteiger partial charge in [0.25, 0.3) is 0 Å². The fourth-order valence-corrected chi connectivity index (χ4v) is 3.61. The quantitative estimate of drug-likeness (QED) is 0.567. The molecule has 0 atom stereocenters. The summed E-state index contributed by atoms with van der Waals surface area (Å²) >= 11 is 0. The highest BCUT2D eigenvalue weighted by Gasteiger charge is 2.19. The molecular formula is C21H18FNO. The summed E-state index contributed by atoms with van der Waals surface area (Å²) < 4.78 is 15.5. The van der Waals surface area contributed by atoms with Crippen LogP contribution in [0.15, 0.2) is 60.8 Å². The lowest BCUT2D eigenvalue weighted by Gasteiger charge is -2.07. The van der Waals surface area contributed by atoms with Gasteiger partial charge in [-0.15, -0.1) is 0 Å². The molecule has 0 saturated carbocycles. The molecule has 0 aliphatic heterocycles. The summed E-state index contributed by atoms with van der Waals surface area (Å²) in [5, 5.41) is 12.3. The van der Waals surface area contributed by atoms with E-state index in [9.17, 15) is 9.50 Å². The number of aliphatic hydroxyl groups is 1. The van der Waals surface area contributed by atoms with E-state index in [1.807, 2.05) is 12.1 Å². The molecule has 4 rings (SSSR count).